The van der Waals surface area contributed by atoms with Gasteiger partial charge in [-0.05, 0) is 39.8 Å². The van der Waals surface area contributed by atoms with E-state index in [9.17, 15) is 9.50 Å². The van der Waals surface area contributed by atoms with Gasteiger partial charge in [-0.1, -0.05) is 0 Å². The Hall–Kier alpha value is -1.60. The fraction of sp³-hybridized carbons (Fsp3) is 0.462. The number of benzene rings is 1. The van der Waals surface area contributed by atoms with E-state index in [0.717, 1.165) is 0 Å². The highest BCUT2D eigenvalue weighted by molar-refractivity contribution is 5.56. The molecule has 0 saturated heterocycles. The summed E-state index contributed by atoms with van der Waals surface area (Å²) < 4.78 is 13.5. The standard InChI is InChI=1S/C13H17FN2O/c1-8-11(14)5-10(7-15)6-12(8)16-9(2)13(3,4)17/h5-6,9,16-17H,1-4H3. The van der Waals surface area contributed by atoms with E-state index in [2.05, 4.69) is 5.32 Å². The van der Waals surface area contributed by atoms with Gasteiger partial charge in [0, 0.05) is 11.3 Å². The molecule has 0 bridgehead atoms. The number of aliphatic hydroxyl groups is 1. The molecule has 1 atom stereocenters. The van der Waals surface area contributed by atoms with Gasteiger partial charge in [-0.15, -0.1) is 0 Å². The molecule has 0 aliphatic rings. The summed E-state index contributed by atoms with van der Waals surface area (Å²) in [6.45, 7) is 6.78. The van der Waals surface area contributed by atoms with Gasteiger partial charge in [-0.2, -0.15) is 5.26 Å². The molecule has 0 heterocycles. The molecule has 3 nitrogen and oxygen atoms in total. The molecule has 0 spiro atoms. The van der Waals surface area contributed by atoms with Crippen molar-refractivity contribution in [1.82, 2.24) is 0 Å². The second kappa shape index (κ2) is 4.72. The van der Waals surface area contributed by atoms with E-state index in [-0.39, 0.29) is 11.6 Å². The number of anilines is 1. The highest BCUT2D eigenvalue weighted by Crippen LogP contribution is 2.23. The zero-order valence-electron chi connectivity index (χ0n) is 10.5. The Morgan fingerprint density at radius 2 is 2.06 bits per heavy atom. The maximum absolute atomic E-state index is 13.5. The van der Waals surface area contributed by atoms with Crippen LogP contribution in [0.25, 0.3) is 0 Å². The lowest BCUT2D eigenvalue weighted by Gasteiger charge is -2.28. The summed E-state index contributed by atoms with van der Waals surface area (Å²) in [7, 11) is 0. The third-order valence-electron chi connectivity index (χ3n) is 2.91. The minimum Gasteiger partial charge on any atom is -0.388 e. The van der Waals surface area contributed by atoms with Gasteiger partial charge in [0.15, 0.2) is 0 Å². The Balaban J connectivity index is 3.07. The van der Waals surface area contributed by atoms with Crippen molar-refractivity contribution in [3.05, 3.63) is 29.1 Å². The largest absolute Gasteiger partial charge is 0.388 e. The first-order valence-corrected chi connectivity index (χ1v) is 5.45. The number of hydrogen-bond donors (Lipinski definition) is 2. The van der Waals surface area contributed by atoms with Crippen LogP contribution in [0.5, 0.6) is 0 Å². The second-order valence-electron chi connectivity index (χ2n) is 4.76. The van der Waals surface area contributed by atoms with E-state index >= 15 is 0 Å². The summed E-state index contributed by atoms with van der Waals surface area (Å²) in [6, 6.07) is 4.44. The number of nitrogens with one attached hydrogen (secondary N) is 1. The first-order valence-electron chi connectivity index (χ1n) is 5.45. The summed E-state index contributed by atoms with van der Waals surface area (Å²) in [5, 5.41) is 21.6. The smallest absolute Gasteiger partial charge is 0.129 e. The highest BCUT2D eigenvalue weighted by atomic mass is 19.1. The summed E-state index contributed by atoms with van der Waals surface area (Å²) in [5.41, 5.74) is 0.320. The van der Waals surface area contributed by atoms with Gasteiger partial charge in [0.25, 0.3) is 0 Å². The predicted molar refractivity (Wildman–Crippen MR) is 65.2 cm³/mol. The second-order valence-corrected chi connectivity index (χ2v) is 4.76. The van der Waals surface area contributed by atoms with Crippen LogP contribution in [0.4, 0.5) is 10.1 Å². The zero-order valence-corrected chi connectivity index (χ0v) is 10.5. The van der Waals surface area contributed by atoms with Crippen LogP contribution in [0.3, 0.4) is 0 Å². The van der Waals surface area contributed by atoms with E-state index < -0.39 is 11.4 Å². The van der Waals surface area contributed by atoms with E-state index in [4.69, 9.17) is 5.26 Å². The summed E-state index contributed by atoms with van der Waals surface area (Å²) in [5.74, 6) is -0.422. The van der Waals surface area contributed by atoms with Crippen molar-refractivity contribution in [3.63, 3.8) is 0 Å². The van der Waals surface area contributed by atoms with Crippen LogP contribution in [0.15, 0.2) is 12.1 Å². The van der Waals surface area contributed by atoms with Gasteiger partial charge >= 0.3 is 0 Å². The lowest BCUT2D eigenvalue weighted by molar-refractivity contribution is 0.0649. The number of halogens is 1. The van der Waals surface area contributed by atoms with Crippen LogP contribution in [-0.4, -0.2) is 16.7 Å². The number of nitrogens with zero attached hydrogens (tertiary/aromatic N) is 1. The zero-order chi connectivity index (χ0) is 13.2. The van der Waals surface area contributed by atoms with Crippen molar-refractivity contribution in [1.29, 1.82) is 5.26 Å². The Morgan fingerprint density at radius 1 is 1.47 bits per heavy atom. The molecule has 0 saturated carbocycles. The third kappa shape index (κ3) is 3.18. The summed E-state index contributed by atoms with van der Waals surface area (Å²) in [4.78, 5) is 0. The number of nitriles is 1. The molecule has 0 aliphatic carbocycles. The van der Waals surface area contributed by atoms with Crippen molar-refractivity contribution in [2.24, 2.45) is 0 Å². The van der Waals surface area contributed by atoms with Gasteiger partial charge < -0.3 is 10.4 Å². The first-order chi connectivity index (χ1) is 7.75. The quantitative estimate of drug-likeness (QED) is 0.848. The van der Waals surface area contributed by atoms with Crippen LogP contribution in [-0.2, 0) is 0 Å². The maximum atomic E-state index is 13.5. The molecule has 4 heteroatoms. The fourth-order valence-electron chi connectivity index (χ4n) is 1.30. The molecule has 0 aliphatic heterocycles. The van der Waals surface area contributed by atoms with Crippen LogP contribution < -0.4 is 5.32 Å². The van der Waals surface area contributed by atoms with Gasteiger partial charge in [-0.25, -0.2) is 4.39 Å². The van der Waals surface area contributed by atoms with E-state index in [1.165, 1.54) is 6.07 Å². The van der Waals surface area contributed by atoms with Crippen molar-refractivity contribution < 1.29 is 9.50 Å². The van der Waals surface area contributed by atoms with Crippen molar-refractivity contribution in [2.75, 3.05) is 5.32 Å². The lowest BCUT2D eigenvalue weighted by atomic mass is 9.99. The molecule has 1 aromatic carbocycles. The van der Waals surface area contributed by atoms with E-state index in [0.29, 0.717) is 11.3 Å². The van der Waals surface area contributed by atoms with E-state index in [1.807, 2.05) is 6.07 Å². The fourth-order valence-corrected chi connectivity index (χ4v) is 1.30. The molecule has 1 unspecified atom stereocenters. The molecule has 1 rings (SSSR count). The minimum atomic E-state index is -0.925. The molecule has 1 aromatic rings. The molecular formula is C13H17FN2O. The van der Waals surface area contributed by atoms with Gasteiger partial charge in [0.2, 0.25) is 0 Å². The van der Waals surface area contributed by atoms with Gasteiger partial charge in [0.1, 0.15) is 5.82 Å². The monoisotopic (exact) mass is 236 g/mol. The topological polar surface area (TPSA) is 56.0 Å². The molecule has 0 aromatic heterocycles. The molecule has 2 N–H and O–H groups in total. The Morgan fingerprint density at radius 3 is 2.53 bits per heavy atom. The van der Waals surface area contributed by atoms with Gasteiger partial charge in [-0.3, -0.25) is 0 Å². The number of hydrogen-bond acceptors (Lipinski definition) is 3. The lowest BCUT2D eigenvalue weighted by Crippen LogP contribution is -2.39. The van der Waals surface area contributed by atoms with Crippen molar-refractivity contribution in [2.45, 2.75) is 39.3 Å². The van der Waals surface area contributed by atoms with Crippen LogP contribution >= 0.6 is 0 Å². The molecule has 0 amide bonds. The van der Waals surface area contributed by atoms with Gasteiger partial charge in [0.05, 0.1) is 23.3 Å². The SMILES string of the molecule is Cc1c(F)cc(C#N)cc1NC(C)C(C)(C)O. The average molecular weight is 236 g/mol. The molecule has 17 heavy (non-hydrogen) atoms. The summed E-state index contributed by atoms with van der Waals surface area (Å²) >= 11 is 0. The van der Waals surface area contributed by atoms with Crippen molar-refractivity contribution >= 4 is 5.69 Å². The maximum Gasteiger partial charge on any atom is 0.129 e. The predicted octanol–water partition coefficient (Wildman–Crippen LogP) is 2.58. The Bertz CT molecular complexity index is 458. The van der Waals surface area contributed by atoms with Crippen LogP contribution in [0.1, 0.15) is 31.9 Å². The average Bonchev–Trinajstić information content (AvgIpc) is 2.22. The molecular weight excluding hydrogens is 219 g/mol. The molecule has 92 valence electrons. The Labute approximate surface area is 101 Å². The summed E-state index contributed by atoms with van der Waals surface area (Å²) in [6.07, 6.45) is 0. The molecule has 0 radical (unpaired) electrons. The molecule has 0 fully saturated rings. The Kier molecular flexibility index (Phi) is 3.74. The van der Waals surface area contributed by atoms with Crippen molar-refractivity contribution in [3.8, 4) is 6.07 Å². The van der Waals surface area contributed by atoms with Crippen LogP contribution in [0, 0.1) is 24.1 Å². The first kappa shape index (κ1) is 13.5. The highest BCUT2D eigenvalue weighted by Gasteiger charge is 2.23. The minimum absolute atomic E-state index is 0.255. The normalized spacial score (nSPS) is 13.0. The van der Waals surface area contributed by atoms with E-state index in [1.54, 1.807) is 33.8 Å². The number of rotatable bonds is 3. The van der Waals surface area contributed by atoms with Crippen LogP contribution in [0.2, 0.25) is 0 Å². The third-order valence-corrected chi connectivity index (χ3v) is 2.91.